The van der Waals surface area contributed by atoms with Crippen LogP contribution < -0.4 is 10.6 Å². The van der Waals surface area contributed by atoms with Crippen LogP contribution in [0.25, 0.3) is 0 Å². The molecule has 0 fully saturated rings. The van der Waals surface area contributed by atoms with E-state index in [1.807, 2.05) is 6.92 Å². The lowest BCUT2D eigenvalue weighted by Gasteiger charge is -2.15. The Kier molecular flexibility index (Phi) is 4.98. The number of likely N-dealkylation sites (N-methyl/N-ethyl adjacent to an activating group) is 1. The summed E-state index contributed by atoms with van der Waals surface area (Å²) in [7, 11) is 3.25. The van der Waals surface area contributed by atoms with Crippen LogP contribution in [0.1, 0.15) is 6.92 Å². The first-order valence-corrected chi connectivity index (χ1v) is 5.66. The van der Waals surface area contributed by atoms with E-state index >= 15 is 0 Å². The van der Waals surface area contributed by atoms with Gasteiger partial charge in [-0.25, -0.2) is 4.98 Å². The van der Waals surface area contributed by atoms with E-state index in [0.717, 1.165) is 6.20 Å². The zero-order valence-electron chi connectivity index (χ0n) is 11.0. The molecule has 19 heavy (non-hydrogen) atoms. The van der Waals surface area contributed by atoms with Crippen molar-refractivity contribution < 1.29 is 9.72 Å². The van der Waals surface area contributed by atoms with Gasteiger partial charge in [0.25, 0.3) is 0 Å². The van der Waals surface area contributed by atoms with E-state index in [1.165, 1.54) is 4.90 Å². The average molecular weight is 268 g/mol. The normalized spacial score (nSPS) is 9.84. The van der Waals surface area contributed by atoms with Gasteiger partial charge >= 0.3 is 5.69 Å². The minimum absolute atomic E-state index is 0.0159. The molecule has 1 heterocycles. The summed E-state index contributed by atoms with van der Waals surface area (Å²) in [5.74, 6) is 0.0769. The van der Waals surface area contributed by atoms with Crippen LogP contribution in [0, 0.1) is 10.1 Å². The molecule has 1 rings (SSSR count). The molecule has 1 aromatic heterocycles. The summed E-state index contributed by atoms with van der Waals surface area (Å²) in [6, 6.07) is 0. The SMILES string of the molecule is CCN(C)C(=O)CNc1nc(NC)ncc1[N+](=O)[O-]. The number of carbonyl (C=O) groups excluding carboxylic acids is 1. The molecule has 2 N–H and O–H groups in total. The fourth-order valence-corrected chi connectivity index (χ4v) is 1.23. The molecule has 0 saturated carbocycles. The van der Waals surface area contributed by atoms with Crippen molar-refractivity contribution in [2.75, 3.05) is 37.8 Å². The van der Waals surface area contributed by atoms with E-state index in [4.69, 9.17) is 0 Å². The van der Waals surface area contributed by atoms with Crippen LogP contribution in [0.2, 0.25) is 0 Å². The van der Waals surface area contributed by atoms with Crippen LogP contribution in [-0.4, -0.2) is 52.9 Å². The third-order valence-corrected chi connectivity index (χ3v) is 2.50. The van der Waals surface area contributed by atoms with Crippen molar-refractivity contribution >= 4 is 23.4 Å². The first-order chi connectivity index (χ1) is 8.99. The molecule has 0 bridgehead atoms. The molecule has 0 unspecified atom stereocenters. The molecule has 0 aromatic carbocycles. The van der Waals surface area contributed by atoms with Crippen molar-refractivity contribution in [3.05, 3.63) is 16.3 Å². The largest absolute Gasteiger partial charge is 0.357 e. The minimum atomic E-state index is -0.601. The number of nitrogens with one attached hydrogen (secondary N) is 2. The van der Waals surface area contributed by atoms with E-state index in [9.17, 15) is 14.9 Å². The molecular weight excluding hydrogens is 252 g/mol. The molecule has 104 valence electrons. The van der Waals surface area contributed by atoms with Crippen molar-refractivity contribution in [2.45, 2.75) is 6.92 Å². The predicted molar refractivity (Wildman–Crippen MR) is 70.0 cm³/mol. The number of nitro groups is 1. The van der Waals surface area contributed by atoms with E-state index in [0.29, 0.717) is 6.54 Å². The summed E-state index contributed by atoms with van der Waals surface area (Å²) < 4.78 is 0. The number of hydrogen-bond acceptors (Lipinski definition) is 7. The molecule has 0 saturated heterocycles. The Labute approximate surface area is 110 Å². The van der Waals surface area contributed by atoms with E-state index in [2.05, 4.69) is 20.6 Å². The van der Waals surface area contributed by atoms with Gasteiger partial charge in [0.1, 0.15) is 6.20 Å². The van der Waals surface area contributed by atoms with Gasteiger partial charge in [0.2, 0.25) is 17.7 Å². The Hall–Kier alpha value is -2.45. The van der Waals surface area contributed by atoms with Gasteiger partial charge in [-0.3, -0.25) is 14.9 Å². The third kappa shape index (κ3) is 3.76. The van der Waals surface area contributed by atoms with Crippen molar-refractivity contribution in [3.63, 3.8) is 0 Å². The second-order valence-electron chi connectivity index (χ2n) is 3.70. The van der Waals surface area contributed by atoms with Crippen LogP contribution in [0.15, 0.2) is 6.20 Å². The van der Waals surface area contributed by atoms with Gasteiger partial charge in [0, 0.05) is 20.6 Å². The van der Waals surface area contributed by atoms with Crippen molar-refractivity contribution in [1.82, 2.24) is 14.9 Å². The molecule has 0 aliphatic rings. The zero-order chi connectivity index (χ0) is 14.4. The molecular formula is C10H16N6O3. The maximum Gasteiger partial charge on any atom is 0.329 e. The lowest BCUT2D eigenvalue weighted by molar-refractivity contribution is -0.384. The quantitative estimate of drug-likeness (QED) is 0.564. The number of carbonyl (C=O) groups is 1. The second-order valence-corrected chi connectivity index (χ2v) is 3.70. The lowest BCUT2D eigenvalue weighted by Crippen LogP contribution is -2.32. The topological polar surface area (TPSA) is 113 Å². The van der Waals surface area contributed by atoms with Crippen molar-refractivity contribution in [1.29, 1.82) is 0 Å². The fourth-order valence-electron chi connectivity index (χ4n) is 1.23. The summed E-state index contributed by atoms with van der Waals surface area (Å²) in [6.45, 7) is 2.34. The summed E-state index contributed by atoms with van der Waals surface area (Å²) in [5, 5.41) is 16.2. The molecule has 9 heteroatoms. The number of hydrogen-bond donors (Lipinski definition) is 2. The molecule has 0 aliphatic carbocycles. The number of rotatable bonds is 6. The summed E-state index contributed by atoms with van der Waals surface area (Å²) in [6.07, 6.45) is 1.09. The Morgan fingerprint density at radius 2 is 2.26 bits per heavy atom. The van der Waals surface area contributed by atoms with Gasteiger partial charge in [-0.15, -0.1) is 0 Å². The van der Waals surface area contributed by atoms with Gasteiger partial charge in [0.05, 0.1) is 11.5 Å². The van der Waals surface area contributed by atoms with Crippen LogP contribution in [0.5, 0.6) is 0 Å². The van der Waals surface area contributed by atoms with E-state index < -0.39 is 4.92 Å². The molecule has 9 nitrogen and oxygen atoms in total. The highest BCUT2D eigenvalue weighted by molar-refractivity contribution is 5.81. The molecule has 0 spiro atoms. The van der Waals surface area contributed by atoms with Crippen molar-refractivity contribution in [3.8, 4) is 0 Å². The monoisotopic (exact) mass is 268 g/mol. The zero-order valence-corrected chi connectivity index (χ0v) is 11.0. The van der Waals surface area contributed by atoms with Gasteiger partial charge in [-0.05, 0) is 6.92 Å². The summed E-state index contributed by atoms with van der Waals surface area (Å²) in [5.41, 5.74) is -0.272. The maximum absolute atomic E-state index is 11.6. The Bertz CT molecular complexity index is 478. The van der Waals surface area contributed by atoms with Gasteiger partial charge in [-0.2, -0.15) is 4.98 Å². The highest BCUT2D eigenvalue weighted by Crippen LogP contribution is 2.21. The Morgan fingerprint density at radius 1 is 1.58 bits per heavy atom. The smallest absolute Gasteiger partial charge is 0.329 e. The lowest BCUT2D eigenvalue weighted by atomic mass is 10.4. The maximum atomic E-state index is 11.6. The minimum Gasteiger partial charge on any atom is -0.357 e. The van der Waals surface area contributed by atoms with Crippen molar-refractivity contribution in [2.24, 2.45) is 0 Å². The predicted octanol–water partition coefficient (Wildman–Crippen LogP) is 0.317. The fraction of sp³-hybridized carbons (Fsp3) is 0.500. The van der Waals surface area contributed by atoms with Crippen LogP contribution in [0.3, 0.4) is 0 Å². The highest BCUT2D eigenvalue weighted by Gasteiger charge is 2.18. The summed E-state index contributed by atoms with van der Waals surface area (Å²) >= 11 is 0. The summed E-state index contributed by atoms with van der Waals surface area (Å²) in [4.78, 5) is 31.0. The first kappa shape index (κ1) is 14.6. The van der Waals surface area contributed by atoms with Crippen LogP contribution >= 0.6 is 0 Å². The third-order valence-electron chi connectivity index (χ3n) is 2.50. The van der Waals surface area contributed by atoms with E-state index in [-0.39, 0.29) is 29.9 Å². The second kappa shape index (κ2) is 6.47. The van der Waals surface area contributed by atoms with Crippen LogP contribution in [0.4, 0.5) is 17.5 Å². The number of amides is 1. The Morgan fingerprint density at radius 3 is 2.79 bits per heavy atom. The average Bonchev–Trinajstić information content (AvgIpc) is 2.43. The highest BCUT2D eigenvalue weighted by atomic mass is 16.6. The number of nitrogens with zero attached hydrogens (tertiary/aromatic N) is 4. The standard InChI is InChI=1S/C10H16N6O3/c1-4-15(3)8(17)6-12-9-7(16(18)19)5-13-10(11-2)14-9/h5H,4,6H2,1-3H3,(H2,11,12,13,14). The first-order valence-electron chi connectivity index (χ1n) is 5.66. The molecule has 1 aromatic rings. The molecule has 1 amide bonds. The van der Waals surface area contributed by atoms with Gasteiger partial charge in [0.15, 0.2) is 0 Å². The molecule has 0 aliphatic heterocycles. The number of aromatic nitrogens is 2. The van der Waals surface area contributed by atoms with E-state index in [1.54, 1.807) is 14.1 Å². The van der Waals surface area contributed by atoms with Gasteiger partial charge in [-0.1, -0.05) is 0 Å². The Balaban J connectivity index is 2.86. The molecule has 0 radical (unpaired) electrons. The molecule has 0 atom stereocenters. The van der Waals surface area contributed by atoms with Gasteiger partial charge < -0.3 is 15.5 Å². The van der Waals surface area contributed by atoms with Crippen LogP contribution in [-0.2, 0) is 4.79 Å². The number of anilines is 2.